The van der Waals surface area contributed by atoms with E-state index in [0.717, 1.165) is 88.9 Å². The average Bonchev–Trinajstić information content (AvgIpc) is 3.68. The van der Waals surface area contributed by atoms with Crippen molar-refractivity contribution < 1.29 is 19.2 Å². The first kappa shape index (κ1) is 57.1. The van der Waals surface area contributed by atoms with Gasteiger partial charge in [-0.05, 0) is 152 Å². The van der Waals surface area contributed by atoms with Crippen molar-refractivity contribution >= 4 is 58.0 Å². The fraction of sp³-hybridized carbons (Fsp3) is 0.406. The van der Waals surface area contributed by atoms with Gasteiger partial charge in [-0.25, -0.2) is 9.97 Å². The van der Waals surface area contributed by atoms with Gasteiger partial charge in [-0.2, -0.15) is 0 Å². The van der Waals surface area contributed by atoms with Crippen LogP contribution in [-0.2, 0) is 22.7 Å². The quantitative estimate of drug-likeness (QED) is 0.0405. The summed E-state index contributed by atoms with van der Waals surface area (Å²) >= 11 is 0. The normalized spacial score (nSPS) is 12.9. The van der Waals surface area contributed by atoms with Crippen LogP contribution in [0, 0.1) is 0 Å². The molecule has 2 N–H and O–H groups in total. The van der Waals surface area contributed by atoms with E-state index in [9.17, 15) is 19.2 Å². The lowest BCUT2D eigenvalue weighted by molar-refractivity contribution is -0.120. The summed E-state index contributed by atoms with van der Waals surface area (Å²) in [6.45, 7) is 7.82. The van der Waals surface area contributed by atoms with Crippen LogP contribution in [0.4, 0.5) is 34.4 Å². The summed E-state index contributed by atoms with van der Waals surface area (Å²) in [7, 11) is 4.50. The molecule has 2 aliphatic heterocycles. The van der Waals surface area contributed by atoms with Gasteiger partial charge in [0.25, 0.3) is 11.8 Å². The van der Waals surface area contributed by atoms with Crippen LogP contribution < -0.4 is 20.4 Å². The molecular formula is C64H80N10O4. The molecule has 0 unspecified atom stereocenters. The first-order valence-electron chi connectivity index (χ1n) is 28.5. The Labute approximate surface area is 462 Å². The van der Waals surface area contributed by atoms with E-state index in [0.29, 0.717) is 58.6 Å². The minimum Gasteiger partial charge on any atom is -0.320 e. The number of rotatable bonds is 31. The van der Waals surface area contributed by atoms with Crippen molar-refractivity contribution in [1.29, 1.82) is 0 Å². The molecule has 0 atom stereocenters. The van der Waals surface area contributed by atoms with Gasteiger partial charge >= 0.3 is 0 Å². The van der Waals surface area contributed by atoms with Gasteiger partial charge in [-0.15, -0.1) is 0 Å². The number of nitrogens with one attached hydrogen (secondary N) is 2. The van der Waals surface area contributed by atoms with Crippen LogP contribution in [0.1, 0.15) is 122 Å². The fourth-order valence-electron chi connectivity index (χ4n) is 10.6. The molecule has 14 heteroatoms. The van der Waals surface area contributed by atoms with Gasteiger partial charge in [0.2, 0.25) is 11.8 Å². The lowest BCUT2D eigenvalue weighted by Crippen LogP contribution is -2.39. The molecule has 8 rings (SSSR count). The molecule has 4 amide bonds. The van der Waals surface area contributed by atoms with Crippen molar-refractivity contribution in [3.05, 3.63) is 168 Å². The zero-order valence-corrected chi connectivity index (χ0v) is 46.0. The van der Waals surface area contributed by atoms with Crippen LogP contribution in [-0.4, -0.2) is 120 Å². The molecule has 0 saturated carbocycles. The van der Waals surface area contributed by atoms with Gasteiger partial charge in [0.1, 0.15) is 0 Å². The molecule has 0 aliphatic carbocycles. The molecule has 2 aromatic heterocycles. The van der Waals surface area contributed by atoms with Gasteiger partial charge in [-0.1, -0.05) is 136 Å². The molecule has 0 fully saturated rings. The van der Waals surface area contributed by atoms with E-state index >= 15 is 0 Å². The maximum absolute atomic E-state index is 14.3. The zero-order valence-electron chi connectivity index (χ0n) is 46.0. The Bertz CT molecular complexity index is 2660. The third kappa shape index (κ3) is 16.7. The van der Waals surface area contributed by atoms with Crippen LogP contribution in [0.25, 0.3) is 0 Å². The molecule has 4 aromatic carbocycles. The van der Waals surface area contributed by atoms with Crippen LogP contribution in [0.2, 0.25) is 0 Å². The van der Waals surface area contributed by atoms with Gasteiger partial charge in [-0.3, -0.25) is 38.8 Å². The number of fused-ring (bicyclic) bond motifs is 4. The number of aromatic nitrogens is 2. The number of carbonyl (C=O) groups excluding carboxylic acids is 4. The minimum atomic E-state index is -0.272. The molecule has 0 spiro atoms. The Balaban J connectivity index is 0.666. The number of unbranched alkanes of at least 4 members (excludes halogenated alkanes) is 11. The second-order valence-electron chi connectivity index (χ2n) is 21.1. The highest BCUT2D eigenvalue weighted by atomic mass is 16.2. The van der Waals surface area contributed by atoms with E-state index in [2.05, 4.69) is 78.6 Å². The van der Waals surface area contributed by atoms with Crippen molar-refractivity contribution in [2.24, 2.45) is 0 Å². The maximum Gasteiger partial charge on any atom is 0.259 e. The number of amides is 4. The first-order valence-corrected chi connectivity index (χ1v) is 28.5. The lowest BCUT2D eigenvalue weighted by atomic mass is 10.1. The average molecular weight is 1050 g/mol. The Kier molecular flexibility index (Phi) is 22.1. The number of nitrogens with zero attached hydrogens (tertiary/aromatic N) is 8. The molecule has 0 saturated heterocycles. The summed E-state index contributed by atoms with van der Waals surface area (Å²) < 4.78 is 0. The van der Waals surface area contributed by atoms with E-state index in [1.165, 1.54) is 51.4 Å². The van der Waals surface area contributed by atoms with Crippen molar-refractivity contribution in [2.75, 3.05) is 86.9 Å². The highest BCUT2D eigenvalue weighted by Crippen LogP contribution is 2.38. The molecular weight excluding hydrogens is 973 g/mol. The zero-order chi connectivity index (χ0) is 54.3. The molecule has 0 radical (unpaired) electrons. The monoisotopic (exact) mass is 1050 g/mol. The Morgan fingerprint density at radius 1 is 0.410 bits per heavy atom. The van der Waals surface area contributed by atoms with Crippen molar-refractivity contribution in [3.63, 3.8) is 0 Å². The van der Waals surface area contributed by atoms with E-state index in [4.69, 9.17) is 0 Å². The molecule has 4 heterocycles. The third-order valence-electron chi connectivity index (χ3n) is 14.8. The van der Waals surface area contributed by atoms with Crippen LogP contribution in [0.3, 0.4) is 0 Å². The largest absolute Gasteiger partial charge is 0.320 e. The number of hydrogen-bond acceptors (Lipinski definition) is 10. The van der Waals surface area contributed by atoms with Crippen LogP contribution in [0.15, 0.2) is 146 Å². The smallest absolute Gasteiger partial charge is 0.259 e. The van der Waals surface area contributed by atoms with Crippen LogP contribution >= 0.6 is 0 Å². The summed E-state index contributed by atoms with van der Waals surface area (Å²) in [6.07, 6.45) is 19.7. The summed E-state index contributed by atoms with van der Waals surface area (Å²) in [5.74, 6) is -0.0583. The molecule has 6 aromatic rings. The third-order valence-corrected chi connectivity index (χ3v) is 14.8. The van der Waals surface area contributed by atoms with Gasteiger partial charge < -0.3 is 20.4 Å². The number of pyridine rings is 2. The minimum absolute atomic E-state index is 0.117. The fourth-order valence-corrected chi connectivity index (χ4v) is 10.6. The van der Waals surface area contributed by atoms with E-state index < -0.39 is 0 Å². The summed E-state index contributed by atoms with van der Waals surface area (Å²) in [6, 6.07) is 42.4. The molecule has 2 aliphatic rings. The first-order chi connectivity index (χ1) is 38.2. The summed E-state index contributed by atoms with van der Waals surface area (Å²) in [5, 5.41) is 5.93. The van der Waals surface area contributed by atoms with Crippen LogP contribution in [0.5, 0.6) is 0 Å². The maximum atomic E-state index is 14.3. The Morgan fingerprint density at radius 2 is 0.744 bits per heavy atom. The molecule has 410 valence electrons. The molecule has 0 bridgehead atoms. The standard InChI is InChI=1S/C64H80N10O4/c1-69(43-23-7-9-25-45-71(47-51-29-13-11-14-30-51)49-59(75)73-57-37-19-17-35-55(57)67-63(77)53-33-27-39-65-61(53)73)41-21-5-3-4-6-22-42-70(2)44-24-8-10-26-46-72(48-52-31-15-12-16-32-52)50-60(76)74-58-38-20-18-36-56(58)68-64(78)54-34-28-40-66-62(54)74/h11-20,27-40H,3-10,21-26,41-50H2,1-2H3,(H,67,77)(H,68,78). The second kappa shape index (κ2) is 30.2. The second-order valence-corrected chi connectivity index (χ2v) is 21.1. The van der Waals surface area contributed by atoms with Gasteiger partial charge in [0.15, 0.2) is 11.6 Å². The lowest BCUT2D eigenvalue weighted by Gasteiger charge is -2.27. The number of benzene rings is 4. The summed E-state index contributed by atoms with van der Waals surface area (Å²) in [4.78, 5) is 76.5. The van der Waals surface area contributed by atoms with Crippen molar-refractivity contribution in [3.8, 4) is 0 Å². The molecule has 14 nitrogen and oxygen atoms in total. The van der Waals surface area contributed by atoms with Crippen molar-refractivity contribution in [2.45, 2.75) is 103 Å². The molecule has 78 heavy (non-hydrogen) atoms. The van der Waals surface area contributed by atoms with Gasteiger partial charge in [0.05, 0.1) is 47.0 Å². The Hall–Kier alpha value is -7.10. The van der Waals surface area contributed by atoms with Crippen molar-refractivity contribution in [1.82, 2.24) is 29.6 Å². The summed E-state index contributed by atoms with van der Waals surface area (Å²) in [5.41, 5.74) is 5.52. The number of carbonyl (C=O) groups is 4. The predicted molar refractivity (Wildman–Crippen MR) is 315 cm³/mol. The number of para-hydroxylation sites is 4. The van der Waals surface area contributed by atoms with E-state index in [1.54, 1.807) is 46.5 Å². The number of hydrogen-bond donors (Lipinski definition) is 2. The SMILES string of the molecule is CN(CCCCCCCCN(C)CCCCCCN(CC(=O)N1c2ccccc2NC(=O)c2cccnc21)Cc1ccccc1)CCCCCCN(CC(=O)N1c2ccccc2NC(=O)c2cccnc21)Cc1ccccc1. The number of anilines is 6. The van der Waals surface area contributed by atoms with E-state index in [-0.39, 0.29) is 36.7 Å². The van der Waals surface area contributed by atoms with E-state index in [1.807, 2.05) is 84.9 Å². The topological polar surface area (TPSA) is 138 Å². The highest BCUT2D eigenvalue weighted by molar-refractivity contribution is 6.18. The van der Waals surface area contributed by atoms with Gasteiger partial charge in [0, 0.05) is 25.5 Å². The Morgan fingerprint density at radius 3 is 1.13 bits per heavy atom. The highest BCUT2D eigenvalue weighted by Gasteiger charge is 2.33. The predicted octanol–water partition coefficient (Wildman–Crippen LogP) is 12.0.